The van der Waals surface area contributed by atoms with E-state index < -0.39 is 5.97 Å². The van der Waals surface area contributed by atoms with Crippen LogP contribution in [0.1, 0.15) is 34.6 Å². The molecule has 0 aliphatic rings. The fourth-order valence-electron chi connectivity index (χ4n) is 1.66. The van der Waals surface area contributed by atoms with Gasteiger partial charge >= 0.3 is 5.97 Å². The van der Waals surface area contributed by atoms with Crippen molar-refractivity contribution in [2.45, 2.75) is 34.6 Å². The normalized spacial score (nSPS) is 10.6. The Kier molecular flexibility index (Phi) is 4.01. The van der Waals surface area contributed by atoms with Crippen LogP contribution in [0.3, 0.4) is 0 Å². The van der Waals surface area contributed by atoms with Crippen LogP contribution in [0.25, 0.3) is 0 Å². The summed E-state index contributed by atoms with van der Waals surface area (Å²) in [7, 11) is 0. The van der Waals surface area contributed by atoms with Crippen molar-refractivity contribution in [2.75, 3.05) is 0 Å². The Balaban J connectivity index is 4.94. The van der Waals surface area contributed by atoms with E-state index in [-0.39, 0.29) is 0 Å². The zero-order valence-corrected chi connectivity index (χ0v) is 8.51. The zero-order valence-electron chi connectivity index (χ0n) is 8.51. The molecule has 12 heavy (non-hydrogen) atoms. The molecule has 2 nitrogen and oxygen atoms in total. The third kappa shape index (κ3) is 2.68. The molecule has 0 aliphatic carbocycles. The first-order valence-electron chi connectivity index (χ1n) is 4.31. The molecule has 1 N–H and O–H groups in total. The van der Waals surface area contributed by atoms with E-state index in [4.69, 9.17) is 5.11 Å². The highest BCUT2D eigenvalue weighted by molar-refractivity contribution is 5.86. The first kappa shape index (κ1) is 11.2. The van der Waals surface area contributed by atoms with Gasteiger partial charge in [0.15, 0.2) is 0 Å². The fourth-order valence-corrected chi connectivity index (χ4v) is 1.66. The second-order valence-corrected chi connectivity index (χ2v) is 3.69. The Morgan fingerprint density at radius 3 is 1.50 bits per heavy atom. The van der Waals surface area contributed by atoms with Gasteiger partial charge in [-0.2, -0.15) is 0 Å². The second kappa shape index (κ2) is 4.29. The van der Waals surface area contributed by atoms with Gasteiger partial charge in [-0.3, -0.25) is 0 Å². The van der Waals surface area contributed by atoms with Gasteiger partial charge in [0.2, 0.25) is 0 Å². The zero-order chi connectivity index (χ0) is 9.89. The van der Waals surface area contributed by atoms with Crippen LogP contribution in [0.4, 0.5) is 0 Å². The SMILES string of the molecule is CC(C(=O)O)=C(C(C)C)C(C)C. The minimum absolute atomic E-state index is 0.320. The van der Waals surface area contributed by atoms with Crippen molar-refractivity contribution in [1.29, 1.82) is 0 Å². The van der Waals surface area contributed by atoms with E-state index in [0.717, 1.165) is 5.57 Å². The lowest BCUT2D eigenvalue weighted by Crippen LogP contribution is -2.10. The van der Waals surface area contributed by atoms with Crippen molar-refractivity contribution in [2.24, 2.45) is 11.8 Å². The van der Waals surface area contributed by atoms with Crippen LogP contribution < -0.4 is 0 Å². The van der Waals surface area contributed by atoms with Gasteiger partial charge in [-0.15, -0.1) is 0 Å². The van der Waals surface area contributed by atoms with Crippen molar-refractivity contribution in [1.82, 2.24) is 0 Å². The van der Waals surface area contributed by atoms with Crippen LogP contribution in [-0.2, 0) is 4.79 Å². The van der Waals surface area contributed by atoms with E-state index in [0.29, 0.717) is 17.4 Å². The molecule has 0 amide bonds. The lowest BCUT2D eigenvalue weighted by molar-refractivity contribution is -0.132. The molecule has 0 bridgehead atoms. The van der Waals surface area contributed by atoms with Gasteiger partial charge in [-0.25, -0.2) is 4.79 Å². The Hall–Kier alpha value is -0.790. The third-order valence-electron chi connectivity index (χ3n) is 2.00. The summed E-state index contributed by atoms with van der Waals surface area (Å²) in [6.07, 6.45) is 0. The molecule has 0 aliphatic heterocycles. The number of hydrogen-bond acceptors (Lipinski definition) is 1. The average molecular weight is 170 g/mol. The molecule has 0 aromatic heterocycles. The Morgan fingerprint density at radius 1 is 1.08 bits per heavy atom. The molecule has 0 rings (SSSR count). The molecular weight excluding hydrogens is 152 g/mol. The molecule has 2 heteroatoms. The molecule has 0 fully saturated rings. The first-order valence-corrected chi connectivity index (χ1v) is 4.31. The minimum Gasteiger partial charge on any atom is -0.478 e. The van der Waals surface area contributed by atoms with Gasteiger partial charge < -0.3 is 5.11 Å². The quantitative estimate of drug-likeness (QED) is 0.661. The smallest absolute Gasteiger partial charge is 0.331 e. The summed E-state index contributed by atoms with van der Waals surface area (Å²) in [4.78, 5) is 10.7. The van der Waals surface area contributed by atoms with E-state index >= 15 is 0 Å². The van der Waals surface area contributed by atoms with Crippen molar-refractivity contribution in [3.63, 3.8) is 0 Å². The van der Waals surface area contributed by atoms with Gasteiger partial charge in [-0.1, -0.05) is 33.3 Å². The summed E-state index contributed by atoms with van der Waals surface area (Å²) in [6, 6.07) is 0. The summed E-state index contributed by atoms with van der Waals surface area (Å²) in [5.74, 6) is -0.158. The Bertz CT molecular complexity index is 190. The van der Waals surface area contributed by atoms with Crippen LogP contribution in [0, 0.1) is 11.8 Å². The van der Waals surface area contributed by atoms with Gasteiger partial charge in [0.1, 0.15) is 0 Å². The summed E-state index contributed by atoms with van der Waals surface area (Å²) in [6.45, 7) is 9.80. The monoisotopic (exact) mass is 170 g/mol. The van der Waals surface area contributed by atoms with Crippen LogP contribution >= 0.6 is 0 Å². The van der Waals surface area contributed by atoms with E-state index in [1.165, 1.54) is 0 Å². The maximum absolute atomic E-state index is 10.7. The average Bonchev–Trinajstić information content (AvgIpc) is 1.85. The number of carboxylic acids is 1. The summed E-state index contributed by atoms with van der Waals surface area (Å²) < 4.78 is 0. The maximum atomic E-state index is 10.7. The van der Waals surface area contributed by atoms with Crippen LogP contribution in [-0.4, -0.2) is 11.1 Å². The van der Waals surface area contributed by atoms with E-state index in [9.17, 15) is 4.79 Å². The Labute approximate surface area is 74.3 Å². The van der Waals surface area contributed by atoms with Crippen molar-refractivity contribution in [3.05, 3.63) is 11.1 Å². The number of carboxylic acid groups (broad SMARTS) is 1. The predicted molar refractivity (Wildman–Crippen MR) is 50.0 cm³/mol. The van der Waals surface area contributed by atoms with Crippen LogP contribution in [0.15, 0.2) is 11.1 Å². The van der Waals surface area contributed by atoms with Crippen molar-refractivity contribution in [3.8, 4) is 0 Å². The molecule has 0 spiro atoms. The molecular formula is C10H18O2. The van der Waals surface area contributed by atoms with Gasteiger partial charge in [0.05, 0.1) is 0 Å². The summed E-state index contributed by atoms with van der Waals surface area (Å²) in [5.41, 5.74) is 1.54. The summed E-state index contributed by atoms with van der Waals surface area (Å²) >= 11 is 0. The van der Waals surface area contributed by atoms with Crippen LogP contribution in [0.5, 0.6) is 0 Å². The predicted octanol–water partition coefficient (Wildman–Crippen LogP) is 2.70. The molecule has 0 heterocycles. The lowest BCUT2D eigenvalue weighted by Gasteiger charge is -2.17. The molecule has 0 aromatic carbocycles. The highest BCUT2D eigenvalue weighted by Gasteiger charge is 2.15. The number of rotatable bonds is 3. The van der Waals surface area contributed by atoms with E-state index in [1.54, 1.807) is 6.92 Å². The number of carbonyl (C=O) groups is 1. The van der Waals surface area contributed by atoms with E-state index in [1.807, 2.05) is 27.7 Å². The van der Waals surface area contributed by atoms with Crippen molar-refractivity contribution < 1.29 is 9.90 Å². The maximum Gasteiger partial charge on any atom is 0.331 e. The van der Waals surface area contributed by atoms with Gasteiger partial charge in [0, 0.05) is 5.57 Å². The molecule has 0 radical (unpaired) electrons. The lowest BCUT2D eigenvalue weighted by atomic mass is 9.88. The number of hydrogen-bond donors (Lipinski definition) is 1. The van der Waals surface area contributed by atoms with Gasteiger partial charge in [-0.05, 0) is 18.8 Å². The van der Waals surface area contributed by atoms with Crippen molar-refractivity contribution >= 4 is 5.97 Å². The highest BCUT2D eigenvalue weighted by atomic mass is 16.4. The molecule has 70 valence electrons. The summed E-state index contributed by atoms with van der Waals surface area (Å²) in [5, 5.41) is 8.79. The number of allylic oxidation sites excluding steroid dienone is 1. The third-order valence-corrected chi connectivity index (χ3v) is 2.00. The second-order valence-electron chi connectivity index (χ2n) is 3.69. The van der Waals surface area contributed by atoms with Crippen LogP contribution in [0.2, 0.25) is 0 Å². The molecule has 0 unspecified atom stereocenters. The largest absolute Gasteiger partial charge is 0.478 e. The molecule has 0 aromatic rings. The first-order chi connectivity index (χ1) is 5.37. The van der Waals surface area contributed by atoms with Gasteiger partial charge in [0.25, 0.3) is 0 Å². The minimum atomic E-state index is -0.799. The van der Waals surface area contributed by atoms with E-state index in [2.05, 4.69) is 0 Å². The molecule has 0 atom stereocenters. The molecule has 0 saturated carbocycles. The topological polar surface area (TPSA) is 37.3 Å². The standard InChI is InChI=1S/C10H18O2/c1-6(2)9(7(3)4)8(5)10(11)12/h6-7H,1-5H3,(H,11,12). The number of aliphatic carboxylic acids is 1. The molecule has 0 saturated heterocycles. The fraction of sp³-hybridized carbons (Fsp3) is 0.700. The Morgan fingerprint density at radius 2 is 1.42 bits per heavy atom. The highest BCUT2D eigenvalue weighted by Crippen LogP contribution is 2.23.